The van der Waals surface area contributed by atoms with Crippen molar-refractivity contribution >= 4 is 23.5 Å². The number of hydrogen-bond acceptors (Lipinski definition) is 2. The predicted molar refractivity (Wildman–Crippen MR) is 103 cm³/mol. The van der Waals surface area contributed by atoms with E-state index in [-0.39, 0.29) is 5.91 Å². The highest BCUT2D eigenvalue weighted by atomic mass is 35.5. The van der Waals surface area contributed by atoms with Gasteiger partial charge in [-0.2, -0.15) is 0 Å². The fourth-order valence-corrected chi connectivity index (χ4v) is 2.47. The summed E-state index contributed by atoms with van der Waals surface area (Å²) in [5, 5.41) is 9.99. The average molecular weight is 359 g/mol. The number of hydrogen-bond donors (Lipinski definition) is 3. The first kappa shape index (κ1) is 18.8. The van der Waals surface area contributed by atoms with Gasteiger partial charge >= 0.3 is 0 Å². The number of benzene rings is 2. The van der Waals surface area contributed by atoms with Crippen LogP contribution < -0.4 is 16.0 Å². The molecule has 0 aliphatic heterocycles. The van der Waals surface area contributed by atoms with Crippen LogP contribution in [0.3, 0.4) is 0 Å². The Kier molecular flexibility index (Phi) is 7.29. The second kappa shape index (κ2) is 9.69. The van der Waals surface area contributed by atoms with E-state index in [0.717, 1.165) is 16.1 Å². The van der Waals surface area contributed by atoms with E-state index in [9.17, 15) is 4.79 Å². The minimum absolute atomic E-state index is 0.0563. The van der Waals surface area contributed by atoms with Crippen molar-refractivity contribution < 1.29 is 4.79 Å². The summed E-state index contributed by atoms with van der Waals surface area (Å²) in [6.45, 7) is 3.72. The van der Waals surface area contributed by atoms with Gasteiger partial charge in [0.25, 0.3) is 5.91 Å². The first-order valence-corrected chi connectivity index (χ1v) is 8.57. The van der Waals surface area contributed by atoms with Crippen LogP contribution in [0.1, 0.15) is 28.4 Å². The molecule has 0 atom stereocenters. The number of rotatable bonds is 6. The molecule has 0 aromatic heterocycles. The van der Waals surface area contributed by atoms with Crippen LogP contribution in [0.25, 0.3) is 0 Å². The molecule has 5 nitrogen and oxygen atoms in total. The minimum atomic E-state index is -0.0563. The van der Waals surface area contributed by atoms with Gasteiger partial charge in [0.1, 0.15) is 0 Å². The van der Waals surface area contributed by atoms with Crippen LogP contribution in [0.5, 0.6) is 0 Å². The second-order valence-electron chi connectivity index (χ2n) is 5.43. The van der Waals surface area contributed by atoms with E-state index in [1.165, 1.54) is 0 Å². The number of amides is 1. The van der Waals surface area contributed by atoms with Crippen LogP contribution in [0, 0.1) is 0 Å². The molecule has 25 heavy (non-hydrogen) atoms. The van der Waals surface area contributed by atoms with Crippen LogP contribution in [0.4, 0.5) is 0 Å². The predicted octanol–water partition coefficient (Wildman–Crippen LogP) is 2.95. The molecular formula is C19H23ClN4O. The van der Waals surface area contributed by atoms with Gasteiger partial charge in [-0.3, -0.25) is 9.79 Å². The molecule has 2 rings (SSSR count). The Bertz CT molecular complexity index is 728. The summed E-state index contributed by atoms with van der Waals surface area (Å²) < 4.78 is 0. The summed E-state index contributed by atoms with van der Waals surface area (Å²) in [5.74, 6) is 0.631. The van der Waals surface area contributed by atoms with E-state index in [4.69, 9.17) is 11.6 Å². The van der Waals surface area contributed by atoms with Crippen molar-refractivity contribution in [1.82, 2.24) is 16.0 Å². The smallest absolute Gasteiger partial charge is 0.251 e. The molecule has 0 aliphatic carbocycles. The summed E-state index contributed by atoms with van der Waals surface area (Å²) in [5.41, 5.74) is 2.74. The third kappa shape index (κ3) is 5.80. The molecule has 3 N–H and O–H groups in total. The van der Waals surface area contributed by atoms with Crippen molar-refractivity contribution in [2.24, 2.45) is 4.99 Å². The molecule has 6 heteroatoms. The normalized spacial score (nSPS) is 11.1. The van der Waals surface area contributed by atoms with Gasteiger partial charge in [-0.05, 0) is 36.2 Å². The maximum absolute atomic E-state index is 11.7. The standard InChI is InChI=1S/C19H23ClN4O/c1-3-22-18(25)15-10-8-14(9-11-15)12-23-19(21-2)24-13-16-6-4-5-7-17(16)20/h4-11H,3,12-13H2,1-2H3,(H,22,25)(H2,21,23,24). The summed E-state index contributed by atoms with van der Waals surface area (Å²) in [7, 11) is 1.72. The largest absolute Gasteiger partial charge is 0.352 e. The van der Waals surface area contributed by atoms with E-state index >= 15 is 0 Å². The van der Waals surface area contributed by atoms with Crippen LogP contribution >= 0.6 is 11.6 Å². The zero-order valence-corrected chi connectivity index (χ0v) is 15.2. The molecule has 0 unspecified atom stereocenters. The molecular weight excluding hydrogens is 336 g/mol. The summed E-state index contributed by atoms with van der Waals surface area (Å²) in [4.78, 5) is 16.0. The Labute approximate surface area is 153 Å². The minimum Gasteiger partial charge on any atom is -0.352 e. The Hall–Kier alpha value is -2.53. The lowest BCUT2D eigenvalue weighted by molar-refractivity contribution is 0.0956. The molecule has 132 valence electrons. The van der Waals surface area contributed by atoms with Crippen LogP contribution in [0.2, 0.25) is 5.02 Å². The number of halogens is 1. The van der Waals surface area contributed by atoms with Gasteiger partial charge in [-0.1, -0.05) is 41.9 Å². The van der Waals surface area contributed by atoms with Gasteiger partial charge in [0, 0.05) is 37.3 Å². The quantitative estimate of drug-likeness (QED) is 0.549. The summed E-state index contributed by atoms with van der Waals surface area (Å²) in [6, 6.07) is 15.2. The lowest BCUT2D eigenvalue weighted by Gasteiger charge is -2.13. The molecule has 0 radical (unpaired) electrons. The molecule has 2 aromatic rings. The zero-order chi connectivity index (χ0) is 18.1. The molecule has 2 aromatic carbocycles. The number of nitrogens with zero attached hydrogens (tertiary/aromatic N) is 1. The molecule has 0 saturated carbocycles. The van der Waals surface area contributed by atoms with Gasteiger partial charge in [0.05, 0.1) is 0 Å². The first-order chi connectivity index (χ1) is 12.1. The fraction of sp³-hybridized carbons (Fsp3) is 0.263. The highest BCUT2D eigenvalue weighted by molar-refractivity contribution is 6.31. The lowest BCUT2D eigenvalue weighted by Crippen LogP contribution is -2.36. The highest BCUT2D eigenvalue weighted by Crippen LogP contribution is 2.14. The summed E-state index contributed by atoms with van der Waals surface area (Å²) >= 11 is 6.15. The van der Waals surface area contributed by atoms with E-state index in [0.29, 0.717) is 31.2 Å². The Morgan fingerprint density at radius 1 is 1.00 bits per heavy atom. The maximum atomic E-state index is 11.7. The third-order valence-corrected chi connectivity index (χ3v) is 4.01. The molecule has 1 amide bonds. The number of carbonyl (C=O) groups is 1. The number of guanidine groups is 1. The molecule has 0 saturated heterocycles. The van der Waals surface area contributed by atoms with Crippen molar-refractivity contribution in [3.63, 3.8) is 0 Å². The second-order valence-corrected chi connectivity index (χ2v) is 5.83. The van der Waals surface area contributed by atoms with E-state index in [1.54, 1.807) is 7.05 Å². The fourth-order valence-electron chi connectivity index (χ4n) is 2.26. The van der Waals surface area contributed by atoms with E-state index < -0.39 is 0 Å². The van der Waals surface area contributed by atoms with Crippen LogP contribution in [0.15, 0.2) is 53.5 Å². The topological polar surface area (TPSA) is 65.5 Å². The molecule has 0 aliphatic rings. The van der Waals surface area contributed by atoms with Crippen molar-refractivity contribution in [2.75, 3.05) is 13.6 Å². The van der Waals surface area contributed by atoms with Gasteiger partial charge in [-0.25, -0.2) is 0 Å². The van der Waals surface area contributed by atoms with Gasteiger partial charge in [0.15, 0.2) is 5.96 Å². The molecule has 0 heterocycles. The number of carbonyl (C=O) groups excluding carboxylic acids is 1. The Balaban J connectivity index is 1.86. The van der Waals surface area contributed by atoms with Crippen molar-refractivity contribution in [3.05, 3.63) is 70.2 Å². The van der Waals surface area contributed by atoms with E-state index in [2.05, 4.69) is 20.9 Å². The summed E-state index contributed by atoms with van der Waals surface area (Å²) in [6.07, 6.45) is 0. The third-order valence-electron chi connectivity index (χ3n) is 3.64. The van der Waals surface area contributed by atoms with Gasteiger partial charge in [-0.15, -0.1) is 0 Å². The highest BCUT2D eigenvalue weighted by Gasteiger charge is 2.05. The number of nitrogens with one attached hydrogen (secondary N) is 3. The van der Waals surface area contributed by atoms with Crippen molar-refractivity contribution in [2.45, 2.75) is 20.0 Å². The first-order valence-electron chi connectivity index (χ1n) is 8.19. The lowest BCUT2D eigenvalue weighted by atomic mass is 10.1. The monoisotopic (exact) mass is 358 g/mol. The van der Waals surface area contributed by atoms with Crippen molar-refractivity contribution in [1.29, 1.82) is 0 Å². The average Bonchev–Trinajstić information content (AvgIpc) is 2.64. The molecule has 0 bridgehead atoms. The Morgan fingerprint density at radius 3 is 2.32 bits per heavy atom. The van der Waals surface area contributed by atoms with Gasteiger partial charge < -0.3 is 16.0 Å². The van der Waals surface area contributed by atoms with E-state index in [1.807, 2.05) is 55.5 Å². The molecule has 0 spiro atoms. The van der Waals surface area contributed by atoms with Crippen LogP contribution in [-0.2, 0) is 13.1 Å². The van der Waals surface area contributed by atoms with Crippen LogP contribution in [-0.4, -0.2) is 25.5 Å². The maximum Gasteiger partial charge on any atom is 0.251 e. The Morgan fingerprint density at radius 2 is 1.68 bits per heavy atom. The molecule has 0 fully saturated rings. The SMILES string of the molecule is CCNC(=O)c1ccc(CNC(=NC)NCc2ccccc2Cl)cc1. The van der Waals surface area contributed by atoms with Crippen molar-refractivity contribution in [3.8, 4) is 0 Å². The van der Waals surface area contributed by atoms with Gasteiger partial charge in [0.2, 0.25) is 0 Å². The number of aliphatic imine (C=N–C) groups is 1. The zero-order valence-electron chi connectivity index (χ0n) is 14.5.